The lowest BCUT2D eigenvalue weighted by molar-refractivity contribution is 0.145. The second kappa shape index (κ2) is 8.73. The van der Waals surface area contributed by atoms with Gasteiger partial charge in [0.05, 0.1) is 17.9 Å². The van der Waals surface area contributed by atoms with E-state index in [0.29, 0.717) is 12.4 Å². The molecule has 0 aliphatic carbocycles. The number of aromatic nitrogens is 3. The first-order valence-corrected chi connectivity index (χ1v) is 9.50. The molecule has 0 unspecified atom stereocenters. The van der Waals surface area contributed by atoms with Crippen molar-refractivity contribution in [2.24, 2.45) is 5.73 Å². The maximum Gasteiger partial charge on any atom is 0.404 e. The lowest BCUT2D eigenvalue weighted by Gasteiger charge is -2.13. The quantitative estimate of drug-likeness (QED) is 0.662. The van der Waals surface area contributed by atoms with Crippen molar-refractivity contribution in [1.29, 1.82) is 0 Å². The lowest BCUT2D eigenvalue weighted by Crippen LogP contribution is -2.16. The fraction of sp³-hybridized carbons (Fsp3) is 0.250. The first kappa shape index (κ1) is 19.0. The summed E-state index contributed by atoms with van der Waals surface area (Å²) in [5.41, 5.74) is 7.02. The van der Waals surface area contributed by atoms with E-state index in [4.69, 9.17) is 15.5 Å². The van der Waals surface area contributed by atoms with Crippen molar-refractivity contribution in [1.82, 2.24) is 14.5 Å². The topological polar surface area (TPSA) is 83.0 Å². The molecule has 7 heteroatoms. The lowest BCUT2D eigenvalue weighted by atomic mass is 10.1. The Kier molecular flexibility index (Phi) is 6.13. The van der Waals surface area contributed by atoms with Gasteiger partial charge in [-0.15, -0.1) is 0 Å². The highest BCUT2D eigenvalue weighted by atomic mass is 32.2. The molecule has 2 aromatic heterocycles. The molecule has 1 amide bonds. The Hall–Kier alpha value is -2.80. The third kappa shape index (κ3) is 4.89. The van der Waals surface area contributed by atoms with E-state index < -0.39 is 6.09 Å². The SMILES string of the molecule is CC(C)c1nc(COC(N)=O)n(Cc2ccccn2)c1Sc1ccccc1. The fourth-order valence-corrected chi connectivity index (χ4v) is 3.83. The highest BCUT2D eigenvalue weighted by molar-refractivity contribution is 7.99. The van der Waals surface area contributed by atoms with E-state index in [-0.39, 0.29) is 12.5 Å². The molecule has 0 bridgehead atoms. The standard InChI is InChI=1S/C20H22N4O2S/c1-14(2)18-19(27-16-9-4-3-5-10-16)24(12-15-8-6-7-11-22-15)17(23-18)13-26-20(21)25/h3-11,14H,12-13H2,1-2H3,(H2,21,25). The summed E-state index contributed by atoms with van der Waals surface area (Å²) in [5, 5.41) is 1.02. The van der Waals surface area contributed by atoms with Crippen LogP contribution in [-0.4, -0.2) is 20.6 Å². The summed E-state index contributed by atoms with van der Waals surface area (Å²) in [5.74, 6) is 0.870. The molecule has 2 N–H and O–H groups in total. The molecule has 140 valence electrons. The van der Waals surface area contributed by atoms with E-state index in [9.17, 15) is 4.79 Å². The molecule has 3 aromatic rings. The molecule has 0 atom stereocenters. The molecule has 0 spiro atoms. The van der Waals surface area contributed by atoms with E-state index >= 15 is 0 Å². The zero-order chi connectivity index (χ0) is 19.2. The highest BCUT2D eigenvalue weighted by Crippen LogP contribution is 2.35. The van der Waals surface area contributed by atoms with Crippen molar-refractivity contribution in [3.8, 4) is 0 Å². The van der Waals surface area contributed by atoms with Crippen LogP contribution in [0.5, 0.6) is 0 Å². The Morgan fingerprint density at radius 3 is 2.56 bits per heavy atom. The van der Waals surface area contributed by atoms with Crippen LogP contribution in [0.4, 0.5) is 4.79 Å². The van der Waals surface area contributed by atoms with Crippen LogP contribution in [0.15, 0.2) is 64.6 Å². The predicted octanol–water partition coefficient (Wildman–Crippen LogP) is 4.20. The van der Waals surface area contributed by atoms with Gasteiger partial charge in [-0.25, -0.2) is 9.78 Å². The predicted molar refractivity (Wildman–Crippen MR) is 105 cm³/mol. The first-order valence-electron chi connectivity index (χ1n) is 8.69. The third-order valence-electron chi connectivity index (χ3n) is 3.92. The number of rotatable bonds is 7. The van der Waals surface area contributed by atoms with Gasteiger partial charge in [-0.1, -0.05) is 49.9 Å². The number of carbonyl (C=O) groups is 1. The Morgan fingerprint density at radius 2 is 1.93 bits per heavy atom. The summed E-state index contributed by atoms with van der Waals surface area (Å²) in [6.07, 6.45) is 0.949. The van der Waals surface area contributed by atoms with E-state index in [1.54, 1.807) is 18.0 Å². The van der Waals surface area contributed by atoms with Gasteiger partial charge in [0, 0.05) is 11.1 Å². The molecular weight excluding hydrogens is 360 g/mol. The second-order valence-corrected chi connectivity index (χ2v) is 7.37. The summed E-state index contributed by atoms with van der Waals surface area (Å²) < 4.78 is 7.08. The van der Waals surface area contributed by atoms with E-state index in [0.717, 1.165) is 21.3 Å². The molecule has 27 heavy (non-hydrogen) atoms. The van der Waals surface area contributed by atoms with Crippen LogP contribution >= 0.6 is 11.8 Å². The van der Waals surface area contributed by atoms with E-state index in [1.807, 2.05) is 36.4 Å². The average molecular weight is 382 g/mol. The monoisotopic (exact) mass is 382 g/mol. The normalized spacial score (nSPS) is 10.9. The minimum absolute atomic E-state index is 0.0250. The van der Waals surface area contributed by atoms with Crippen molar-refractivity contribution >= 4 is 17.9 Å². The molecule has 1 aromatic carbocycles. The van der Waals surface area contributed by atoms with Crippen molar-refractivity contribution in [2.45, 2.75) is 42.8 Å². The van der Waals surface area contributed by atoms with Crippen molar-refractivity contribution in [3.63, 3.8) is 0 Å². The smallest absolute Gasteiger partial charge is 0.404 e. The molecule has 0 aliphatic heterocycles. The zero-order valence-corrected chi connectivity index (χ0v) is 16.1. The fourth-order valence-electron chi connectivity index (χ4n) is 2.65. The summed E-state index contributed by atoms with van der Waals surface area (Å²) in [4.78, 5) is 21.4. The summed E-state index contributed by atoms with van der Waals surface area (Å²) in [6.45, 7) is 4.76. The van der Waals surface area contributed by atoms with E-state index in [2.05, 4.69) is 35.5 Å². The Bertz CT molecular complexity index is 895. The second-order valence-electron chi connectivity index (χ2n) is 6.30. The van der Waals surface area contributed by atoms with Crippen LogP contribution in [0.2, 0.25) is 0 Å². The van der Waals surface area contributed by atoms with Gasteiger partial charge in [0.25, 0.3) is 0 Å². The molecule has 0 fully saturated rings. The van der Waals surface area contributed by atoms with Gasteiger partial charge in [0.15, 0.2) is 6.61 Å². The molecule has 2 heterocycles. The van der Waals surface area contributed by atoms with Gasteiger partial charge < -0.3 is 15.0 Å². The summed E-state index contributed by atoms with van der Waals surface area (Å²) >= 11 is 1.64. The number of carbonyl (C=O) groups excluding carboxylic acids is 1. The maximum atomic E-state index is 11.1. The molecule has 0 aliphatic rings. The number of benzene rings is 1. The number of hydrogen-bond acceptors (Lipinski definition) is 5. The molecule has 6 nitrogen and oxygen atoms in total. The molecular formula is C20H22N4O2S. The van der Waals surface area contributed by atoms with Crippen molar-refractivity contribution in [3.05, 3.63) is 71.9 Å². The summed E-state index contributed by atoms with van der Waals surface area (Å²) in [7, 11) is 0. The number of hydrogen-bond donors (Lipinski definition) is 1. The van der Waals surface area contributed by atoms with Gasteiger partial charge in [0.1, 0.15) is 10.9 Å². The Labute approximate surface area is 162 Å². The van der Waals surface area contributed by atoms with Gasteiger partial charge in [-0.05, 0) is 30.2 Å². The third-order valence-corrected chi connectivity index (χ3v) is 5.05. The van der Waals surface area contributed by atoms with Crippen LogP contribution in [0, 0.1) is 0 Å². The molecule has 0 radical (unpaired) electrons. The van der Waals surface area contributed by atoms with Crippen molar-refractivity contribution < 1.29 is 9.53 Å². The molecule has 0 saturated heterocycles. The highest BCUT2D eigenvalue weighted by Gasteiger charge is 2.21. The number of nitrogens with two attached hydrogens (primary N) is 1. The number of primary amides is 1. The van der Waals surface area contributed by atoms with E-state index in [1.165, 1.54) is 0 Å². The number of ether oxygens (including phenoxy) is 1. The first-order chi connectivity index (χ1) is 13.0. The largest absolute Gasteiger partial charge is 0.442 e. The zero-order valence-electron chi connectivity index (χ0n) is 15.3. The van der Waals surface area contributed by atoms with Gasteiger partial charge in [-0.2, -0.15) is 0 Å². The minimum atomic E-state index is -0.814. The van der Waals surface area contributed by atoms with Gasteiger partial charge in [0.2, 0.25) is 0 Å². The van der Waals surface area contributed by atoms with Crippen LogP contribution in [0.3, 0.4) is 0 Å². The van der Waals surface area contributed by atoms with Crippen molar-refractivity contribution in [2.75, 3.05) is 0 Å². The van der Waals surface area contributed by atoms with Gasteiger partial charge in [-0.3, -0.25) is 4.98 Å². The maximum absolute atomic E-state index is 11.1. The molecule has 3 rings (SSSR count). The van der Waals surface area contributed by atoms with Crippen LogP contribution in [0.25, 0.3) is 0 Å². The summed E-state index contributed by atoms with van der Waals surface area (Å²) in [6, 6.07) is 15.9. The minimum Gasteiger partial charge on any atom is -0.442 e. The van der Waals surface area contributed by atoms with Crippen LogP contribution in [-0.2, 0) is 17.9 Å². The number of imidazole rings is 1. The number of amides is 1. The Morgan fingerprint density at radius 1 is 1.19 bits per heavy atom. The van der Waals surface area contributed by atoms with Crippen LogP contribution in [0.1, 0.15) is 37.0 Å². The average Bonchev–Trinajstić information content (AvgIpc) is 2.99. The number of pyridine rings is 1. The Balaban J connectivity index is 2.04. The number of nitrogens with zero attached hydrogens (tertiary/aromatic N) is 3. The molecule has 0 saturated carbocycles. The van der Waals surface area contributed by atoms with Gasteiger partial charge >= 0.3 is 6.09 Å². The van der Waals surface area contributed by atoms with Crippen LogP contribution < -0.4 is 5.73 Å².